The first-order chi connectivity index (χ1) is 29.6. The molecule has 0 bridgehead atoms. The highest BCUT2D eigenvalue weighted by Crippen LogP contribution is 2.30. The van der Waals surface area contributed by atoms with Crippen molar-refractivity contribution in [2.75, 3.05) is 19.8 Å². The van der Waals surface area contributed by atoms with Crippen LogP contribution in [0.4, 0.5) is 0 Å². The molecule has 9 N–H and O–H groups in total. The lowest BCUT2D eigenvalue weighted by Crippen LogP contribution is -2.65. The fourth-order valence-electron chi connectivity index (χ4n) is 7.87. The lowest BCUT2D eigenvalue weighted by Gasteiger charge is -2.46. The molecule has 0 spiro atoms. The summed E-state index contributed by atoms with van der Waals surface area (Å²) in [5.74, 6) is -0.250. The van der Waals surface area contributed by atoms with Gasteiger partial charge in [-0.05, 0) is 44.9 Å². The number of amides is 1. The third kappa shape index (κ3) is 22.8. The van der Waals surface area contributed by atoms with Crippen LogP contribution in [0.5, 0.6) is 0 Å². The number of aliphatic hydroxyl groups excluding tert-OH is 8. The monoisotopic (exact) mass is 874 g/mol. The number of nitrogens with one attached hydrogen (secondary N) is 1. The maximum Gasteiger partial charge on any atom is 0.220 e. The molecule has 2 fully saturated rings. The van der Waals surface area contributed by atoms with Crippen LogP contribution in [0, 0.1) is 0 Å². The van der Waals surface area contributed by atoms with Crippen LogP contribution in [-0.2, 0) is 23.7 Å². The van der Waals surface area contributed by atoms with Crippen molar-refractivity contribution in [3.8, 4) is 0 Å². The fourth-order valence-corrected chi connectivity index (χ4v) is 7.87. The molecule has 12 atom stereocenters. The van der Waals surface area contributed by atoms with E-state index in [2.05, 4.69) is 31.3 Å². The topological polar surface area (TPSA) is 228 Å². The molecular weight excluding hydrogens is 787 g/mol. The van der Waals surface area contributed by atoms with Crippen molar-refractivity contribution < 1.29 is 64.6 Å². The summed E-state index contributed by atoms with van der Waals surface area (Å²) in [5.41, 5.74) is 0. The van der Waals surface area contributed by atoms with E-state index in [1.165, 1.54) is 89.9 Å². The van der Waals surface area contributed by atoms with Gasteiger partial charge in [0.25, 0.3) is 0 Å². The minimum atomic E-state index is -1.79. The van der Waals surface area contributed by atoms with E-state index in [9.17, 15) is 45.6 Å². The number of carbonyl (C=O) groups excluding carboxylic acids is 1. The molecule has 61 heavy (non-hydrogen) atoms. The van der Waals surface area contributed by atoms with Gasteiger partial charge in [-0.25, -0.2) is 0 Å². The molecule has 0 saturated carbocycles. The number of rotatable bonds is 36. The SMILES string of the molecule is CCCCCCC/C=C\CCCCCCCC(=O)NC(COC1OC(CO)C(OC2OC(CO)C(O)C(O)C2O)C(O)C1O)C(O)/C=C/CCCCCCCCCCCCC. The largest absolute Gasteiger partial charge is 0.394 e. The van der Waals surface area contributed by atoms with Crippen LogP contribution in [0.2, 0.25) is 0 Å². The number of hydrogen-bond acceptors (Lipinski definition) is 13. The van der Waals surface area contributed by atoms with Crippen LogP contribution < -0.4 is 5.32 Å². The highest BCUT2D eigenvalue weighted by molar-refractivity contribution is 5.76. The van der Waals surface area contributed by atoms with Crippen molar-refractivity contribution >= 4 is 5.91 Å². The molecule has 1 amide bonds. The predicted molar refractivity (Wildman–Crippen MR) is 235 cm³/mol. The van der Waals surface area contributed by atoms with Crippen molar-refractivity contribution in [1.29, 1.82) is 0 Å². The maximum atomic E-state index is 13.1. The number of unbranched alkanes of at least 4 members (excludes halogenated alkanes) is 21. The summed E-state index contributed by atoms with van der Waals surface area (Å²) in [6, 6.07) is -0.914. The van der Waals surface area contributed by atoms with E-state index in [0.29, 0.717) is 6.42 Å². The number of hydrogen-bond donors (Lipinski definition) is 9. The lowest BCUT2D eigenvalue weighted by atomic mass is 9.97. The summed E-state index contributed by atoms with van der Waals surface area (Å²) in [6.45, 7) is 2.75. The minimum Gasteiger partial charge on any atom is -0.394 e. The van der Waals surface area contributed by atoms with E-state index in [1.807, 2.05) is 6.08 Å². The zero-order valence-corrected chi connectivity index (χ0v) is 37.7. The zero-order chi connectivity index (χ0) is 44.7. The van der Waals surface area contributed by atoms with E-state index in [1.54, 1.807) is 6.08 Å². The molecule has 2 aliphatic heterocycles. The maximum absolute atomic E-state index is 13.1. The van der Waals surface area contributed by atoms with Crippen molar-refractivity contribution in [3.63, 3.8) is 0 Å². The van der Waals surface area contributed by atoms with Crippen molar-refractivity contribution in [3.05, 3.63) is 24.3 Å². The Labute approximate surface area is 367 Å². The van der Waals surface area contributed by atoms with E-state index in [0.717, 1.165) is 57.8 Å². The Balaban J connectivity index is 1.89. The Kier molecular flexibility index (Phi) is 31.7. The summed E-state index contributed by atoms with van der Waals surface area (Å²) in [5, 5.41) is 86.5. The fraction of sp³-hybridized carbons (Fsp3) is 0.894. The molecule has 358 valence electrons. The standard InChI is InChI=1S/C47H87NO13/c1-3-5-7-9-11-13-15-17-19-21-23-25-27-29-31-39(52)48-35(36(51)30-28-26-24-22-20-18-16-14-12-10-8-6-4-2)34-58-46-44(57)42(55)45(38(33-50)60-46)61-47-43(56)41(54)40(53)37(32-49)59-47/h15,17,28,30,35-38,40-47,49-51,53-57H,3-14,16,18-27,29,31-34H2,1-2H3,(H,48,52)/b17-15-,30-28+. The van der Waals surface area contributed by atoms with Crippen LogP contribution in [0.1, 0.15) is 174 Å². The van der Waals surface area contributed by atoms with Crippen LogP contribution in [-0.4, -0.2) is 140 Å². The highest BCUT2D eigenvalue weighted by atomic mass is 16.7. The molecule has 2 rings (SSSR count). The Morgan fingerprint density at radius 3 is 1.56 bits per heavy atom. The van der Waals surface area contributed by atoms with Gasteiger partial charge in [0.05, 0.1) is 32.0 Å². The van der Waals surface area contributed by atoms with Gasteiger partial charge in [0, 0.05) is 6.42 Å². The second-order valence-electron chi connectivity index (χ2n) is 17.2. The molecule has 0 aromatic heterocycles. The molecule has 0 aliphatic carbocycles. The molecule has 12 unspecified atom stereocenters. The summed E-state index contributed by atoms with van der Waals surface area (Å²) < 4.78 is 22.6. The highest BCUT2D eigenvalue weighted by Gasteiger charge is 2.51. The molecule has 2 saturated heterocycles. The summed E-state index contributed by atoms with van der Waals surface area (Å²) >= 11 is 0. The Morgan fingerprint density at radius 1 is 0.574 bits per heavy atom. The van der Waals surface area contributed by atoms with Crippen LogP contribution in [0.3, 0.4) is 0 Å². The predicted octanol–water partition coefficient (Wildman–Crippen LogP) is 5.38. The van der Waals surface area contributed by atoms with Gasteiger partial charge in [0.15, 0.2) is 12.6 Å². The first-order valence-electron chi connectivity index (χ1n) is 24.1. The molecule has 14 nitrogen and oxygen atoms in total. The zero-order valence-electron chi connectivity index (χ0n) is 37.7. The summed E-state index contributed by atoms with van der Waals surface area (Å²) in [4.78, 5) is 13.1. The van der Waals surface area contributed by atoms with Gasteiger partial charge in [-0.3, -0.25) is 4.79 Å². The van der Waals surface area contributed by atoms with E-state index >= 15 is 0 Å². The van der Waals surface area contributed by atoms with Gasteiger partial charge in [0.2, 0.25) is 5.91 Å². The van der Waals surface area contributed by atoms with E-state index in [4.69, 9.17) is 18.9 Å². The van der Waals surface area contributed by atoms with Gasteiger partial charge >= 0.3 is 0 Å². The van der Waals surface area contributed by atoms with Gasteiger partial charge in [-0.2, -0.15) is 0 Å². The average Bonchev–Trinajstić information content (AvgIpc) is 3.26. The quantitative estimate of drug-likeness (QED) is 0.0285. The molecule has 0 aromatic carbocycles. The second kappa shape index (κ2) is 34.8. The first-order valence-corrected chi connectivity index (χ1v) is 24.1. The Bertz CT molecular complexity index is 1130. The molecule has 2 aliphatic rings. The van der Waals surface area contributed by atoms with Crippen LogP contribution in [0.15, 0.2) is 24.3 Å². The van der Waals surface area contributed by atoms with Gasteiger partial charge in [-0.15, -0.1) is 0 Å². The summed E-state index contributed by atoms with van der Waals surface area (Å²) in [7, 11) is 0. The van der Waals surface area contributed by atoms with Crippen LogP contribution >= 0.6 is 0 Å². The summed E-state index contributed by atoms with van der Waals surface area (Å²) in [6.07, 6.45) is 19.3. The molecule has 14 heteroatoms. The second-order valence-corrected chi connectivity index (χ2v) is 17.2. The number of ether oxygens (including phenoxy) is 4. The van der Waals surface area contributed by atoms with Crippen molar-refractivity contribution in [2.45, 2.75) is 248 Å². The smallest absolute Gasteiger partial charge is 0.220 e. The van der Waals surface area contributed by atoms with Crippen molar-refractivity contribution in [2.24, 2.45) is 0 Å². The number of allylic oxidation sites excluding steroid dienone is 3. The third-order valence-electron chi connectivity index (χ3n) is 11.9. The minimum absolute atomic E-state index is 0.250. The van der Waals surface area contributed by atoms with Gasteiger partial charge in [-0.1, -0.05) is 147 Å². The lowest BCUT2D eigenvalue weighted by molar-refractivity contribution is -0.359. The Morgan fingerprint density at radius 2 is 1.03 bits per heavy atom. The van der Waals surface area contributed by atoms with Crippen molar-refractivity contribution in [1.82, 2.24) is 5.32 Å². The number of aliphatic hydroxyl groups is 8. The van der Waals surface area contributed by atoms with E-state index in [-0.39, 0.29) is 18.9 Å². The van der Waals surface area contributed by atoms with Gasteiger partial charge < -0.3 is 65.1 Å². The van der Waals surface area contributed by atoms with Gasteiger partial charge in [0.1, 0.15) is 48.8 Å². The first kappa shape index (κ1) is 55.6. The van der Waals surface area contributed by atoms with Crippen LogP contribution in [0.25, 0.3) is 0 Å². The average molecular weight is 874 g/mol. The normalized spacial score (nSPS) is 28.2. The molecule has 0 aromatic rings. The molecular formula is C47H87NO13. The van der Waals surface area contributed by atoms with E-state index < -0.39 is 86.8 Å². The molecule has 0 radical (unpaired) electrons. The molecule has 2 heterocycles. The Hall–Kier alpha value is -1.53. The third-order valence-corrected chi connectivity index (χ3v) is 11.9. The number of carbonyl (C=O) groups is 1.